The minimum atomic E-state index is 0.166. The lowest BCUT2D eigenvalue weighted by atomic mass is 9.86. The Bertz CT molecular complexity index is 273. The van der Waals surface area contributed by atoms with Crippen molar-refractivity contribution in [3.8, 4) is 0 Å². The van der Waals surface area contributed by atoms with Crippen LogP contribution in [-0.2, 0) is 12.5 Å². The van der Waals surface area contributed by atoms with Crippen molar-refractivity contribution in [3.63, 3.8) is 0 Å². The fourth-order valence-corrected chi connectivity index (χ4v) is 1.30. The third-order valence-corrected chi connectivity index (χ3v) is 2.48. The van der Waals surface area contributed by atoms with Crippen LogP contribution in [0.4, 0.5) is 5.82 Å². The lowest BCUT2D eigenvalue weighted by Crippen LogP contribution is -2.19. The first-order chi connectivity index (χ1) is 5.47. The third-order valence-electron chi connectivity index (χ3n) is 2.48. The molecule has 0 bridgehead atoms. The standard InChI is InChI=1S/C9H17N3/c1-5-9(2,3)7-6-8(10)11-12(7)4/h6H,5H2,1-4H3,(H2,10,11). The summed E-state index contributed by atoms with van der Waals surface area (Å²) >= 11 is 0. The molecule has 0 unspecified atom stereocenters. The second-order valence-corrected chi connectivity index (χ2v) is 3.82. The molecule has 68 valence electrons. The first kappa shape index (κ1) is 9.10. The van der Waals surface area contributed by atoms with Crippen molar-refractivity contribution in [2.45, 2.75) is 32.6 Å². The van der Waals surface area contributed by atoms with E-state index in [9.17, 15) is 0 Å². The van der Waals surface area contributed by atoms with Gasteiger partial charge in [-0.3, -0.25) is 4.68 Å². The Morgan fingerprint density at radius 3 is 2.50 bits per heavy atom. The fraction of sp³-hybridized carbons (Fsp3) is 0.667. The molecule has 0 atom stereocenters. The number of aryl methyl sites for hydroxylation is 1. The van der Waals surface area contributed by atoms with Crippen LogP contribution in [0.25, 0.3) is 0 Å². The number of nitrogen functional groups attached to an aromatic ring is 1. The highest BCUT2D eigenvalue weighted by Crippen LogP contribution is 2.26. The zero-order valence-electron chi connectivity index (χ0n) is 8.26. The average molecular weight is 167 g/mol. The number of aromatic nitrogens is 2. The molecule has 3 nitrogen and oxygen atoms in total. The van der Waals surface area contributed by atoms with Gasteiger partial charge in [0.15, 0.2) is 0 Å². The Kier molecular flexibility index (Phi) is 2.13. The van der Waals surface area contributed by atoms with Crippen molar-refractivity contribution in [1.29, 1.82) is 0 Å². The van der Waals surface area contributed by atoms with E-state index in [2.05, 4.69) is 25.9 Å². The van der Waals surface area contributed by atoms with E-state index >= 15 is 0 Å². The summed E-state index contributed by atoms with van der Waals surface area (Å²) in [6, 6.07) is 1.95. The zero-order chi connectivity index (χ0) is 9.35. The Balaban J connectivity index is 3.09. The van der Waals surface area contributed by atoms with Gasteiger partial charge in [-0.05, 0) is 6.42 Å². The molecule has 2 N–H and O–H groups in total. The van der Waals surface area contributed by atoms with Crippen LogP contribution in [0.1, 0.15) is 32.9 Å². The highest BCUT2D eigenvalue weighted by Gasteiger charge is 2.22. The van der Waals surface area contributed by atoms with Gasteiger partial charge < -0.3 is 5.73 Å². The van der Waals surface area contributed by atoms with Crippen LogP contribution in [0.3, 0.4) is 0 Å². The number of nitrogens with zero attached hydrogens (tertiary/aromatic N) is 2. The molecule has 3 heteroatoms. The molecule has 0 aromatic carbocycles. The summed E-state index contributed by atoms with van der Waals surface area (Å²) in [6.45, 7) is 6.57. The summed E-state index contributed by atoms with van der Waals surface area (Å²) in [5.41, 5.74) is 6.96. The monoisotopic (exact) mass is 167 g/mol. The van der Waals surface area contributed by atoms with Crippen molar-refractivity contribution in [2.24, 2.45) is 7.05 Å². The smallest absolute Gasteiger partial charge is 0.145 e. The topological polar surface area (TPSA) is 43.8 Å². The van der Waals surface area contributed by atoms with Crippen LogP contribution in [0.15, 0.2) is 6.07 Å². The number of rotatable bonds is 2. The molecule has 12 heavy (non-hydrogen) atoms. The largest absolute Gasteiger partial charge is 0.382 e. The molecule has 0 spiro atoms. The van der Waals surface area contributed by atoms with Crippen LogP contribution in [0.2, 0.25) is 0 Å². The minimum absolute atomic E-state index is 0.166. The maximum absolute atomic E-state index is 5.60. The molecule has 1 aromatic rings. The Hall–Kier alpha value is -0.990. The molecule has 0 amide bonds. The summed E-state index contributed by atoms with van der Waals surface area (Å²) in [4.78, 5) is 0. The van der Waals surface area contributed by atoms with Gasteiger partial charge >= 0.3 is 0 Å². The summed E-state index contributed by atoms with van der Waals surface area (Å²) in [6.07, 6.45) is 1.09. The highest BCUT2D eigenvalue weighted by atomic mass is 15.3. The molecule has 0 aliphatic heterocycles. The quantitative estimate of drug-likeness (QED) is 0.728. The van der Waals surface area contributed by atoms with Gasteiger partial charge in [-0.1, -0.05) is 20.8 Å². The molecule has 0 saturated carbocycles. The molecule has 0 aliphatic carbocycles. The Morgan fingerprint density at radius 2 is 2.17 bits per heavy atom. The molecular weight excluding hydrogens is 150 g/mol. The number of hydrogen-bond acceptors (Lipinski definition) is 2. The third kappa shape index (κ3) is 1.44. The Labute approximate surface area is 73.6 Å². The van der Waals surface area contributed by atoms with Gasteiger partial charge in [-0.25, -0.2) is 0 Å². The van der Waals surface area contributed by atoms with Crippen LogP contribution in [0.5, 0.6) is 0 Å². The SMILES string of the molecule is CCC(C)(C)c1cc(N)nn1C. The van der Waals surface area contributed by atoms with Crippen molar-refractivity contribution in [2.75, 3.05) is 5.73 Å². The second-order valence-electron chi connectivity index (χ2n) is 3.82. The molecule has 0 saturated heterocycles. The lowest BCUT2D eigenvalue weighted by molar-refractivity contribution is 0.461. The van der Waals surface area contributed by atoms with Crippen molar-refractivity contribution in [3.05, 3.63) is 11.8 Å². The van der Waals surface area contributed by atoms with Gasteiger partial charge in [0.05, 0.1) is 0 Å². The van der Waals surface area contributed by atoms with Crippen molar-refractivity contribution >= 4 is 5.82 Å². The maximum Gasteiger partial charge on any atom is 0.145 e. The number of nitrogens with two attached hydrogens (primary N) is 1. The van der Waals surface area contributed by atoms with E-state index in [0.29, 0.717) is 5.82 Å². The average Bonchev–Trinajstić information content (AvgIpc) is 2.31. The molecule has 1 rings (SSSR count). The predicted molar refractivity (Wildman–Crippen MR) is 50.9 cm³/mol. The second kappa shape index (κ2) is 2.81. The van der Waals surface area contributed by atoms with E-state index in [-0.39, 0.29) is 5.41 Å². The first-order valence-electron chi connectivity index (χ1n) is 4.27. The minimum Gasteiger partial charge on any atom is -0.382 e. The van der Waals surface area contributed by atoms with Gasteiger partial charge in [-0.2, -0.15) is 5.10 Å². The summed E-state index contributed by atoms with van der Waals surface area (Å²) in [7, 11) is 1.93. The van der Waals surface area contributed by atoms with Crippen molar-refractivity contribution in [1.82, 2.24) is 9.78 Å². The van der Waals surface area contributed by atoms with E-state index in [4.69, 9.17) is 5.73 Å². The van der Waals surface area contributed by atoms with Gasteiger partial charge in [0.25, 0.3) is 0 Å². The van der Waals surface area contributed by atoms with E-state index in [1.165, 1.54) is 5.69 Å². The van der Waals surface area contributed by atoms with Crippen LogP contribution >= 0.6 is 0 Å². The first-order valence-corrected chi connectivity index (χ1v) is 4.27. The van der Waals surface area contributed by atoms with E-state index in [1.807, 2.05) is 17.8 Å². The van der Waals surface area contributed by atoms with Gasteiger partial charge in [0.2, 0.25) is 0 Å². The number of hydrogen-bond donors (Lipinski definition) is 1. The fourth-order valence-electron chi connectivity index (χ4n) is 1.30. The molecule has 1 aromatic heterocycles. The molecular formula is C9H17N3. The summed E-state index contributed by atoms with van der Waals surface area (Å²) in [5.74, 6) is 0.606. The molecule has 0 aliphatic rings. The van der Waals surface area contributed by atoms with E-state index in [1.54, 1.807) is 0 Å². The normalized spacial score (nSPS) is 12.0. The summed E-state index contributed by atoms with van der Waals surface area (Å²) in [5, 5.41) is 4.12. The molecule has 0 fully saturated rings. The molecule has 0 radical (unpaired) electrons. The van der Waals surface area contributed by atoms with Gasteiger partial charge in [0.1, 0.15) is 5.82 Å². The van der Waals surface area contributed by atoms with Crippen molar-refractivity contribution < 1.29 is 0 Å². The highest BCUT2D eigenvalue weighted by molar-refractivity contribution is 5.32. The molecule has 1 heterocycles. The maximum atomic E-state index is 5.60. The van der Waals surface area contributed by atoms with Crippen LogP contribution in [0, 0.1) is 0 Å². The van der Waals surface area contributed by atoms with Crippen LogP contribution < -0.4 is 5.73 Å². The predicted octanol–water partition coefficient (Wildman–Crippen LogP) is 1.69. The Morgan fingerprint density at radius 1 is 1.58 bits per heavy atom. The van der Waals surface area contributed by atoms with E-state index in [0.717, 1.165) is 6.42 Å². The van der Waals surface area contributed by atoms with E-state index < -0.39 is 0 Å². The lowest BCUT2D eigenvalue weighted by Gasteiger charge is -2.22. The van der Waals surface area contributed by atoms with Gasteiger partial charge in [0, 0.05) is 24.2 Å². The number of anilines is 1. The van der Waals surface area contributed by atoms with Crippen LogP contribution in [-0.4, -0.2) is 9.78 Å². The van der Waals surface area contributed by atoms with Gasteiger partial charge in [-0.15, -0.1) is 0 Å². The zero-order valence-corrected chi connectivity index (χ0v) is 8.26. The summed E-state index contributed by atoms with van der Waals surface area (Å²) < 4.78 is 1.86.